The van der Waals surface area contributed by atoms with Crippen molar-refractivity contribution in [3.8, 4) is 0 Å². The number of anilines is 1. The molecule has 0 bridgehead atoms. The van der Waals surface area contributed by atoms with Crippen LogP contribution in [0.4, 0.5) is 5.82 Å². The summed E-state index contributed by atoms with van der Waals surface area (Å²) in [6, 6.07) is 4.28. The van der Waals surface area contributed by atoms with E-state index in [4.69, 9.17) is 4.99 Å². The van der Waals surface area contributed by atoms with Gasteiger partial charge in [0.1, 0.15) is 5.82 Å². The van der Waals surface area contributed by atoms with E-state index in [0.717, 1.165) is 62.8 Å². The normalized spacial score (nSPS) is 16.0. The Hall–Kier alpha value is -1.09. The van der Waals surface area contributed by atoms with Crippen molar-refractivity contribution in [1.82, 2.24) is 15.6 Å². The number of aromatic nitrogens is 1. The molecule has 1 atom stereocenters. The maximum absolute atomic E-state index is 9.23. The van der Waals surface area contributed by atoms with Crippen molar-refractivity contribution >= 4 is 35.8 Å². The van der Waals surface area contributed by atoms with Gasteiger partial charge in [-0.2, -0.15) is 0 Å². The number of nitrogens with zero attached hydrogens (tertiary/aromatic N) is 3. The maximum Gasteiger partial charge on any atom is 0.191 e. The van der Waals surface area contributed by atoms with E-state index in [2.05, 4.69) is 46.5 Å². The lowest BCUT2D eigenvalue weighted by Gasteiger charge is -2.21. The minimum Gasteiger partial charge on any atom is -0.396 e. The second kappa shape index (κ2) is 15.7. The van der Waals surface area contributed by atoms with Crippen molar-refractivity contribution in [2.75, 3.05) is 37.7 Å². The number of aliphatic hydroxyl groups is 1. The van der Waals surface area contributed by atoms with Crippen molar-refractivity contribution in [2.45, 2.75) is 65.3 Å². The van der Waals surface area contributed by atoms with E-state index in [1.165, 1.54) is 25.7 Å². The minimum atomic E-state index is 0. The lowest BCUT2D eigenvalue weighted by molar-refractivity contribution is 0.251. The molecule has 1 aromatic rings. The highest BCUT2D eigenvalue weighted by atomic mass is 127. The van der Waals surface area contributed by atoms with Crippen molar-refractivity contribution in [2.24, 2.45) is 10.9 Å². The average Bonchev–Trinajstić information content (AvgIpc) is 3.00. The standard InChI is InChI=1S/C22H39N5O.HI/c1-3-9-19(12-15-28)16-25-22(23-4-2)26-18-20-10-11-21(24-17-20)27-13-7-5-6-8-14-27;/h10-11,17,19,28H,3-9,12-16,18H2,1-2H3,(H2,23,25,26);1H. The third-order valence-corrected chi connectivity index (χ3v) is 5.30. The Labute approximate surface area is 194 Å². The molecule has 1 saturated heterocycles. The molecule has 2 rings (SSSR count). The molecule has 0 aromatic carbocycles. The predicted molar refractivity (Wildman–Crippen MR) is 133 cm³/mol. The molecule has 6 nitrogen and oxygen atoms in total. The number of rotatable bonds is 10. The summed E-state index contributed by atoms with van der Waals surface area (Å²) >= 11 is 0. The number of nitrogens with one attached hydrogen (secondary N) is 2. The van der Waals surface area contributed by atoms with Crippen LogP contribution in [0, 0.1) is 5.92 Å². The fraction of sp³-hybridized carbons (Fsp3) is 0.727. The number of pyridine rings is 1. The third-order valence-electron chi connectivity index (χ3n) is 5.30. The number of guanidine groups is 1. The fourth-order valence-electron chi connectivity index (χ4n) is 3.69. The Bertz CT molecular complexity index is 553. The van der Waals surface area contributed by atoms with E-state index >= 15 is 0 Å². The Morgan fingerprint density at radius 1 is 1.14 bits per heavy atom. The van der Waals surface area contributed by atoms with Gasteiger partial charge in [0.15, 0.2) is 5.96 Å². The summed E-state index contributed by atoms with van der Waals surface area (Å²) < 4.78 is 0. The van der Waals surface area contributed by atoms with Gasteiger partial charge in [-0.3, -0.25) is 0 Å². The monoisotopic (exact) mass is 517 g/mol. The summed E-state index contributed by atoms with van der Waals surface area (Å²) in [4.78, 5) is 11.8. The Balaban J connectivity index is 0.00000420. The highest BCUT2D eigenvalue weighted by molar-refractivity contribution is 14.0. The SMILES string of the molecule is CCCC(CCO)CNC(=NCc1ccc(N2CCCCCC2)nc1)NCC.I. The molecule has 1 aliphatic heterocycles. The van der Waals surface area contributed by atoms with Gasteiger partial charge in [0, 0.05) is 39.0 Å². The van der Waals surface area contributed by atoms with Gasteiger partial charge in [-0.25, -0.2) is 9.98 Å². The quantitative estimate of drug-likeness (QED) is 0.249. The average molecular weight is 518 g/mol. The fourth-order valence-corrected chi connectivity index (χ4v) is 3.69. The molecule has 0 aliphatic carbocycles. The summed E-state index contributed by atoms with van der Waals surface area (Å²) in [7, 11) is 0. The molecule has 2 heterocycles. The van der Waals surface area contributed by atoms with Crippen LogP contribution in [-0.2, 0) is 6.54 Å². The topological polar surface area (TPSA) is 72.8 Å². The van der Waals surface area contributed by atoms with Crippen LogP contribution in [-0.4, -0.2) is 48.8 Å². The van der Waals surface area contributed by atoms with Gasteiger partial charge >= 0.3 is 0 Å². The molecule has 0 amide bonds. The lowest BCUT2D eigenvalue weighted by atomic mass is 10.0. The van der Waals surface area contributed by atoms with E-state index in [1.807, 2.05) is 6.20 Å². The van der Waals surface area contributed by atoms with Gasteiger partial charge in [-0.15, -0.1) is 24.0 Å². The molecule has 1 unspecified atom stereocenters. The molecule has 0 radical (unpaired) electrons. The van der Waals surface area contributed by atoms with Gasteiger partial charge in [0.25, 0.3) is 0 Å². The van der Waals surface area contributed by atoms with Crippen molar-refractivity contribution < 1.29 is 5.11 Å². The van der Waals surface area contributed by atoms with Crippen LogP contribution in [0.3, 0.4) is 0 Å². The van der Waals surface area contributed by atoms with Crippen molar-refractivity contribution in [1.29, 1.82) is 0 Å². The Morgan fingerprint density at radius 3 is 2.48 bits per heavy atom. The van der Waals surface area contributed by atoms with Crippen LogP contribution < -0.4 is 15.5 Å². The smallest absolute Gasteiger partial charge is 0.191 e. The summed E-state index contributed by atoms with van der Waals surface area (Å²) in [5.74, 6) is 2.40. The van der Waals surface area contributed by atoms with E-state index in [9.17, 15) is 5.11 Å². The largest absolute Gasteiger partial charge is 0.396 e. The van der Waals surface area contributed by atoms with Gasteiger partial charge < -0.3 is 20.6 Å². The van der Waals surface area contributed by atoms with Crippen LogP contribution in [0.25, 0.3) is 0 Å². The second-order valence-corrected chi connectivity index (χ2v) is 7.67. The number of halogens is 1. The highest BCUT2D eigenvalue weighted by Crippen LogP contribution is 2.17. The Morgan fingerprint density at radius 2 is 1.90 bits per heavy atom. The summed E-state index contributed by atoms with van der Waals surface area (Å²) in [6.07, 6.45) is 10.2. The van der Waals surface area contributed by atoms with E-state index in [-0.39, 0.29) is 30.6 Å². The minimum absolute atomic E-state index is 0. The summed E-state index contributed by atoms with van der Waals surface area (Å²) in [5, 5.41) is 16.0. The summed E-state index contributed by atoms with van der Waals surface area (Å²) in [5.41, 5.74) is 1.12. The van der Waals surface area contributed by atoms with Crippen molar-refractivity contribution in [3.63, 3.8) is 0 Å². The van der Waals surface area contributed by atoms with Gasteiger partial charge in [0.05, 0.1) is 6.54 Å². The first-order chi connectivity index (χ1) is 13.8. The molecule has 1 aromatic heterocycles. The number of aliphatic imine (C=N–C) groups is 1. The first-order valence-corrected chi connectivity index (χ1v) is 11.1. The maximum atomic E-state index is 9.23. The van der Waals surface area contributed by atoms with Gasteiger partial charge in [-0.05, 0) is 50.2 Å². The molecule has 0 saturated carbocycles. The van der Waals surface area contributed by atoms with Gasteiger partial charge in [-0.1, -0.05) is 32.3 Å². The zero-order valence-electron chi connectivity index (χ0n) is 18.2. The molecular weight excluding hydrogens is 477 g/mol. The van der Waals surface area contributed by atoms with Crippen LogP contribution in [0.1, 0.15) is 64.4 Å². The zero-order valence-corrected chi connectivity index (χ0v) is 20.5. The predicted octanol–water partition coefficient (Wildman–Crippen LogP) is 3.93. The number of aliphatic hydroxyl groups excluding tert-OH is 1. The Kier molecular flexibility index (Phi) is 14.1. The molecule has 7 heteroatoms. The van der Waals surface area contributed by atoms with E-state index < -0.39 is 0 Å². The molecular formula is C22H40IN5O. The lowest BCUT2D eigenvalue weighted by Crippen LogP contribution is -2.40. The van der Waals surface area contributed by atoms with Crippen LogP contribution in [0.15, 0.2) is 23.3 Å². The number of hydrogen-bond donors (Lipinski definition) is 3. The number of hydrogen-bond acceptors (Lipinski definition) is 4. The first-order valence-electron chi connectivity index (χ1n) is 11.1. The highest BCUT2D eigenvalue weighted by Gasteiger charge is 2.11. The zero-order chi connectivity index (χ0) is 20.0. The summed E-state index contributed by atoms with van der Waals surface area (Å²) in [6.45, 7) is 9.02. The molecule has 166 valence electrons. The van der Waals surface area contributed by atoms with Crippen LogP contribution in [0.2, 0.25) is 0 Å². The van der Waals surface area contributed by atoms with E-state index in [1.54, 1.807) is 0 Å². The van der Waals surface area contributed by atoms with Crippen molar-refractivity contribution in [3.05, 3.63) is 23.9 Å². The second-order valence-electron chi connectivity index (χ2n) is 7.67. The first kappa shape index (κ1) is 25.9. The molecule has 1 fully saturated rings. The van der Waals surface area contributed by atoms with Crippen LogP contribution in [0.5, 0.6) is 0 Å². The molecule has 0 spiro atoms. The molecule has 29 heavy (non-hydrogen) atoms. The third kappa shape index (κ3) is 9.98. The molecule has 3 N–H and O–H groups in total. The van der Waals surface area contributed by atoms with E-state index in [0.29, 0.717) is 12.5 Å². The molecule has 1 aliphatic rings. The van der Waals surface area contributed by atoms with Crippen LogP contribution >= 0.6 is 24.0 Å². The van der Waals surface area contributed by atoms with Gasteiger partial charge in [0.2, 0.25) is 0 Å².